The highest BCUT2D eigenvalue weighted by Crippen LogP contribution is 2.39. The van der Waals surface area contributed by atoms with Gasteiger partial charge in [-0.15, -0.1) is 5.10 Å². The molecule has 1 N–H and O–H groups in total. The predicted molar refractivity (Wildman–Crippen MR) is 97.1 cm³/mol. The molecule has 0 radical (unpaired) electrons. The SMILES string of the molecule is CCn1cc(CN2CCC(n3cc(C4CC4)nn3)CC2)cn1.O=C(O)C(F)(F)F. The molecule has 0 spiro atoms. The largest absolute Gasteiger partial charge is 0.490 e. The zero-order valence-electron chi connectivity index (χ0n) is 16.2. The van der Waals surface area contributed by atoms with Gasteiger partial charge in [0.2, 0.25) is 0 Å². The Morgan fingerprint density at radius 1 is 1.21 bits per heavy atom. The molecule has 0 aromatic carbocycles. The molecule has 2 aliphatic rings. The lowest BCUT2D eigenvalue weighted by Gasteiger charge is -2.31. The van der Waals surface area contributed by atoms with Crippen LogP contribution in [0.1, 0.15) is 55.8 Å². The average Bonchev–Trinajstić information content (AvgIpc) is 3.23. The number of halogens is 3. The number of hydrogen-bond donors (Lipinski definition) is 1. The van der Waals surface area contributed by atoms with Crippen molar-refractivity contribution in [2.45, 2.75) is 63.8 Å². The van der Waals surface area contributed by atoms with Crippen LogP contribution in [0.15, 0.2) is 18.6 Å². The van der Waals surface area contributed by atoms with Crippen molar-refractivity contribution in [2.75, 3.05) is 13.1 Å². The van der Waals surface area contributed by atoms with E-state index in [-0.39, 0.29) is 0 Å². The van der Waals surface area contributed by atoms with Crippen LogP contribution in [0.5, 0.6) is 0 Å². The predicted octanol–water partition coefficient (Wildman–Crippen LogP) is 2.84. The number of nitrogens with zero attached hydrogens (tertiary/aromatic N) is 6. The summed E-state index contributed by atoms with van der Waals surface area (Å²) in [5.41, 5.74) is 2.52. The van der Waals surface area contributed by atoms with Crippen LogP contribution in [0.3, 0.4) is 0 Å². The van der Waals surface area contributed by atoms with Gasteiger partial charge < -0.3 is 5.11 Å². The summed E-state index contributed by atoms with van der Waals surface area (Å²) < 4.78 is 35.8. The maximum absolute atomic E-state index is 10.6. The van der Waals surface area contributed by atoms with Crippen molar-refractivity contribution in [3.8, 4) is 0 Å². The molecule has 1 saturated heterocycles. The Kier molecular flexibility index (Phi) is 6.56. The van der Waals surface area contributed by atoms with Gasteiger partial charge >= 0.3 is 12.1 Å². The number of likely N-dealkylation sites (tertiary alicyclic amines) is 1. The molecule has 1 aliphatic carbocycles. The van der Waals surface area contributed by atoms with Gasteiger partial charge in [0.05, 0.1) is 17.9 Å². The van der Waals surface area contributed by atoms with Gasteiger partial charge in [-0.3, -0.25) is 9.58 Å². The number of rotatable bonds is 5. The number of hydrogen-bond acceptors (Lipinski definition) is 5. The zero-order chi connectivity index (χ0) is 21.0. The van der Waals surface area contributed by atoms with Crippen LogP contribution >= 0.6 is 0 Å². The first-order chi connectivity index (χ1) is 13.8. The van der Waals surface area contributed by atoms with Gasteiger partial charge in [-0.1, -0.05) is 5.21 Å². The molecule has 29 heavy (non-hydrogen) atoms. The number of aromatic nitrogens is 5. The molecular weight excluding hydrogens is 389 g/mol. The van der Waals surface area contributed by atoms with Crippen molar-refractivity contribution in [1.29, 1.82) is 0 Å². The van der Waals surface area contributed by atoms with E-state index in [0.717, 1.165) is 39.0 Å². The Labute approximate surface area is 166 Å². The number of aryl methyl sites for hydroxylation is 1. The first-order valence-electron chi connectivity index (χ1n) is 9.71. The number of carboxylic acid groups (broad SMARTS) is 1. The van der Waals surface area contributed by atoms with Crippen LogP contribution in [0.2, 0.25) is 0 Å². The smallest absolute Gasteiger partial charge is 0.475 e. The van der Waals surface area contributed by atoms with Crippen LogP contribution in [-0.4, -0.2) is 60.0 Å². The summed E-state index contributed by atoms with van der Waals surface area (Å²) in [7, 11) is 0. The fraction of sp³-hybridized carbons (Fsp3) is 0.667. The average molecular weight is 414 g/mol. The molecule has 2 aromatic rings. The molecule has 3 heterocycles. The number of carbonyl (C=O) groups is 1. The van der Waals surface area contributed by atoms with Crippen molar-refractivity contribution in [3.63, 3.8) is 0 Å². The van der Waals surface area contributed by atoms with Crippen molar-refractivity contribution < 1.29 is 23.1 Å². The molecule has 0 amide bonds. The molecule has 0 atom stereocenters. The van der Waals surface area contributed by atoms with Crippen molar-refractivity contribution in [2.24, 2.45) is 0 Å². The van der Waals surface area contributed by atoms with Gasteiger partial charge in [0.1, 0.15) is 0 Å². The van der Waals surface area contributed by atoms with Gasteiger partial charge in [0.15, 0.2) is 0 Å². The van der Waals surface area contributed by atoms with E-state index in [9.17, 15) is 13.2 Å². The summed E-state index contributed by atoms with van der Waals surface area (Å²) in [5.74, 6) is -2.06. The molecule has 1 aliphatic heterocycles. The minimum absolute atomic E-state index is 0.523. The number of carboxylic acids is 1. The Bertz CT molecular complexity index is 807. The second kappa shape index (κ2) is 8.93. The molecule has 2 aromatic heterocycles. The van der Waals surface area contributed by atoms with Crippen molar-refractivity contribution in [1.82, 2.24) is 29.7 Å². The molecule has 160 valence electrons. The third kappa shape index (κ3) is 6.02. The molecule has 0 bridgehead atoms. The maximum atomic E-state index is 10.6. The third-order valence-electron chi connectivity index (χ3n) is 5.11. The molecular formula is C18H25F3N6O2. The normalized spacial score (nSPS) is 18.3. The summed E-state index contributed by atoms with van der Waals surface area (Å²) in [6, 6.07) is 0.523. The molecule has 2 fully saturated rings. The topological polar surface area (TPSA) is 89.1 Å². The molecule has 4 rings (SSSR count). The van der Waals surface area contributed by atoms with E-state index in [1.54, 1.807) is 0 Å². The highest BCUT2D eigenvalue weighted by atomic mass is 19.4. The highest BCUT2D eigenvalue weighted by Gasteiger charge is 2.38. The summed E-state index contributed by atoms with van der Waals surface area (Å²) in [4.78, 5) is 11.4. The second-order valence-corrected chi connectivity index (χ2v) is 7.41. The molecule has 11 heteroatoms. The van der Waals surface area contributed by atoms with Crippen LogP contribution in [0, 0.1) is 0 Å². The quantitative estimate of drug-likeness (QED) is 0.809. The van der Waals surface area contributed by atoms with Crippen LogP contribution in [0.4, 0.5) is 13.2 Å². The fourth-order valence-electron chi connectivity index (χ4n) is 3.30. The van der Waals surface area contributed by atoms with Gasteiger partial charge in [0, 0.05) is 50.1 Å². The number of alkyl halides is 3. The standard InChI is InChI=1S/C16H24N6.C2HF3O2/c1-2-21-11-13(9-17-21)10-20-7-5-15(6-8-20)22-12-16(18-19-22)14-3-4-14;3-2(4,5)1(6)7/h9,11-12,14-15H,2-8,10H2,1H3;(H,6,7). The first-order valence-corrected chi connectivity index (χ1v) is 9.71. The summed E-state index contributed by atoms with van der Waals surface area (Å²) in [5, 5.41) is 20.2. The van der Waals surface area contributed by atoms with E-state index in [4.69, 9.17) is 9.90 Å². The van der Waals surface area contributed by atoms with Crippen LogP contribution in [-0.2, 0) is 17.9 Å². The minimum atomic E-state index is -5.08. The maximum Gasteiger partial charge on any atom is 0.490 e. The Morgan fingerprint density at radius 3 is 2.38 bits per heavy atom. The summed E-state index contributed by atoms with van der Waals surface area (Å²) in [6.07, 6.45) is 6.17. The van der Waals surface area contributed by atoms with Crippen LogP contribution in [0.25, 0.3) is 0 Å². The minimum Gasteiger partial charge on any atom is -0.475 e. The van der Waals surface area contributed by atoms with E-state index in [1.807, 2.05) is 10.9 Å². The lowest BCUT2D eigenvalue weighted by atomic mass is 10.0. The number of piperidine rings is 1. The molecule has 8 nitrogen and oxygen atoms in total. The zero-order valence-corrected chi connectivity index (χ0v) is 16.2. The lowest BCUT2D eigenvalue weighted by molar-refractivity contribution is -0.192. The van der Waals surface area contributed by atoms with Gasteiger partial charge in [0.25, 0.3) is 0 Å². The van der Waals surface area contributed by atoms with E-state index in [0.29, 0.717) is 12.0 Å². The van der Waals surface area contributed by atoms with Gasteiger partial charge in [-0.2, -0.15) is 18.3 Å². The van der Waals surface area contributed by atoms with Gasteiger partial charge in [-0.25, -0.2) is 9.48 Å². The Morgan fingerprint density at radius 2 is 1.86 bits per heavy atom. The van der Waals surface area contributed by atoms with E-state index < -0.39 is 12.1 Å². The third-order valence-corrected chi connectivity index (χ3v) is 5.11. The lowest BCUT2D eigenvalue weighted by Crippen LogP contribution is -2.34. The fourth-order valence-corrected chi connectivity index (χ4v) is 3.30. The van der Waals surface area contributed by atoms with Crippen molar-refractivity contribution in [3.05, 3.63) is 29.8 Å². The highest BCUT2D eigenvalue weighted by molar-refractivity contribution is 5.73. The Hall–Kier alpha value is -2.43. The Balaban J connectivity index is 0.000000298. The van der Waals surface area contributed by atoms with Crippen molar-refractivity contribution >= 4 is 5.97 Å². The van der Waals surface area contributed by atoms with E-state index in [1.165, 1.54) is 24.1 Å². The monoisotopic (exact) mass is 414 g/mol. The first kappa shape index (κ1) is 21.3. The second-order valence-electron chi connectivity index (χ2n) is 7.41. The van der Waals surface area contributed by atoms with E-state index in [2.05, 4.69) is 44.3 Å². The van der Waals surface area contributed by atoms with Gasteiger partial charge in [-0.05, 0) is 32.6 Å². The molecule has 1 saturated carbocycles. The summed E-state index contributed by atoms with van der Waals surface area (Å²) >= 11 is 0. The molecule has 0 unspecified atom stereocenters. The number of aliphatic carboxylic acids is 1. The summed E-state index contributed by atoms with van der Waals surface area (Å²) in [6.45, 7) is 6.33. The van der Waals surface area contributed by atoms with E-state index >= 15 is 0 Å². The van der Waals surface area contributed by atoms with Crippen LogP contribution < -0.4 is 0 Å².